The predicted molar refractivity (Wildman–Crippen MR) is 115 cm³/mol. The Morgan fingerprint density at radius 3 is 1.09 bits per heavy atom. The van der Waals surface area contributed by atoms with Gasteiger partial charge in [-0.3, -0.25) is 0 Å². The van der Waals surface area contributed by atoms with E-state index in [-0.39, 0.29) is 0 Å². The van der Waals surface area contributed by atoms with Crippen molar-refractivity contribution in [1.82, 2.24) is 0 Å². The first kappa shape index (κ1) is 36.2. The Morgan fingerprint density at radius 1 is 0.471 bits per heavy atom. The van der Waals surface area contributed by atoms with Crippen molar-refractivity contribution < 1.29 is 48.6 Å². The molecular formula is C22H38F10OSn. The first-order valence-corrected chi connectivity index (χ1v) is 14.6. The molecule has 0 rings (SSSR count). The second-order valence-electron chi connectivity index (χ2n) is 8.21. The molecule has 34 heavy (non-hydrogen) atoms. The van der Waals surface area contributed by atoms with Gasteiger partial charge in [-0.2, -0.15) is 0 Å². The van der Waals surface area contributed by atoms with Crippen LogP contribution in [0.4, 0.5) is 43.9 Å². The molecule has 1 nitrogen and oxygen atoms in total. The molecule has 0 unspecified atom stereocenters. The van der Waals surface area contributed by atoms with Crippen LogP contribution in [0, 0.1) is 0 Å². The van der Waals surface area contributed by atoms with E-state index in [0.29, 0.717) is 0 Å². The zero-order chi connectivity index (χ0) is 26.7. The normalized spacial score (nSPS) is 13.1. The van der Waals surface area contributed by atoms with Crippen molar-refractivity contribution in [1.29, 1.82) is 0 Å². The van der Waals surface area contributed by atoms with Crippen LogP contribution in [-0.4, -0.2) is 54.6 Å². The molecule has 0 bridgehead atoms. The van der Waals surface area contributed by atoms with E-state index in [0.717, 1.165) is 13.2 Å². The molecule has 0 N–H and O–H groups in total. The molecule has 0 fully saturated rings. The van der Waals surface area contributed by atoms with Crippen molar-refractivity contribution >= 4 is 21.1 Å². The Bertz CT molecular complexity index is 428. The third-order valence-electron chi connectivity index (χ3n) is 4.60. The van der Waals surface area contributed by atoms with Crippen LogP contribution < -0.4 is 0 Å². The number of alkyl halides is 10. The molecule has 0 amide bonds. The molecule has 0 spiro atoms. The number of halogens is 10. The third kappa shape index (κ3) is 30.1. The van der Waals surface area contributed by atoms with Crippen LogP contribution in [0.5, 0.6) is 0 Å². The fourth-order valence-electron chi connectivity index (χ4n) is 2.71. The quantitative estimate of drug-likeness (QED) is 0.0836. The van der Waals surface area contributed by atoms with E-state index < -0.39 is 67.1 Å². The van der Waals surface area contributed by atoms with Crippen molar-refractivity contribution in [2.45, 2.75) is 124 Å². The summed E-state index contributed by atoms with van der Waals surface area (Å²) in [7, 11) is 0. The van der Waals surface area contributed by atoms with E-state index in [1.165, 1.54) is 64.2 Å². The summed E-state index contributed by atoms with van der Waals surface area (Å²) in [5, 5.41) is 0. The fraction of sp³-hybridized carbons (Fsp3) is 1.00. The molecule has 0 saturated carbocycles. The Labute approximate surface area is 207 Å². The average molecular weight is 627 g/mol. The molecule has 0 atom stereocenters. The number of unbranched alkanes of at least 4 members (excludes halogenated alkanes) is 8. The van der Waals surface area contributed by atoms with Gasteiger partial charge in [0, 0.05) is 13.2 Å². The molecule has 12 heteroatoms. The molecule has 0 aliphatic heterocycles. The number of ether oxygens (including phenoxy) is 1. The Balaban J connectivity index is 0. The van der Waals surface area contributed by atoms with Gasteiger partial charge in [-0.25, -0.2) is 0 Å². The predicted octanol–water partition coefficient (Wildman–Crippen LogP) is 9.50. The van der Waals surface area contributed by atoms with Gasteiger partial charge in [-0.15, -0.1) is 0 Å². The van der Waals surface area contributed by atoms with Gasteiger partial charge in [0.1, 0.15) is 0 Å². The molecular weight excluding hydrogens is 589 g/mol. The summed E-state index contributed by atoms with van der Waals surface area (Å²) in [5.41, 5.74) is 0. The van der Waals surface area contributed by atoms with Crippen LogP contribution in [0.15, 0.2) is 0 Å². The zero-order valence-corrected chi connectivity index (χ0v) is 22.9. The number of hydrogen-bond donors (Lipinski definition) is 0. The minimum atomic E-state index is -4.91. The maximum absolute atomic E-state index is 12.9. The van der Waals surface area contributed by atoms with Crippen LogP contribution in [0.2, 0.25) is 0 Å². The van der Waals surface area contributed by atoms with Crippen molar-refractivity contribution in [3.05, 3.63) is 0 Å². The molecule has 2 radical (unpaired) electrons. The van der Waals surface area contributed by atoms with Crippen LogP contribution in [0.1, 0.15) is 104 Å². The van der Waals surface area contributed by atoms with Crippen molar-refractivity contribution in [3.8, 4) is 0 Å². The molecule has 0 aromatic rings. The summed E-state index contributed by atoms with van der Waals surface area (Å²) in [5.74, 6) is 0. The summed E-state index contributed by atoms with van der Waals surface area (Å²) in [6.07, 6.45) is -3.87. The van der Waals surface area contributed by atoms with E-state index >= 15 is 0 Å². The summed E-state index contributed by atoms with van der Waals surface area (Å²) < 4.78 is 119. The van der Waals surface area contributed by atoms with E-state index in [9.17, 15) is 43.9 Å². The van der Waals surface area contributed by atoms with Crippen LogP contribution in [-0.2, 0) is 4.74 Å². The Hall–Kier alpha value is 0.0587. The zero-order valence-electron chi connectivity index (χ0n) is 20.0. The molecule has 0 heterocycles. The van der Waals surface area contributed by atoms with Gasteiger partial charge in [0.2, 0.25) is 0 Å². The topological polar surface area (TPSA) is 9.23 Å². The number of hydrogen-bond acceptors (Lipinski definition) is 1. The van der Waals surface area contributed by atoms with Gasteiger partial charge in [-0.05, 0) is 12.8 Å². The monoisotopic (exact) mass is 628 g/mol. The molecule has 0 aromatic carbocycles. The first-order valence-electron chi connectivity index (χ1n) is 11.8. The van der Waals surface area contributed by atoms with Gasteiger partial charge < -0.3 is 4.74 Å². The summed E-state index contributed by atoms with van der Waals surface area (Å²) in [6, 6.07) is 0. The van der Waals surface area contributed by atoms with E-state index in [2.05, 4.69) is 13.8 Å². The van der Waals surface area contributed by atoms with Crippen molar-refractivity contribution in [2.24, 2.45) is 0 Å². The van der Waals surface area contributed by atoms with Gasteiger partial charge >= 0.3 is 111 Å². The second-order valence-corrected chi connectivity index (χ2v) is 13.1. The van der Waals surface area contributed by atoms with E-state index in [4.69, 9.17) is 4.74 Å². The number of rotatable bonds is 18. The molecule has 0 aromatic heterocycles. The van der Waals surface area contributed by atoms with Crippen LogP contribution in [0.3, 0.4) is 0 Å². The third-order valence-corrected chi connectivity index (χ3v) is 8.11. The van der Waals surface area contributed by atoms with E-state index in [1.54, 1.807) is 0 Å². The summed E-state index contributed by atoms with van der Waals surface area (Å²) >= 11 is -4.05. The van der Waals surface area contributed by atoms with Crippen molar-refractivity contribution in [3.63, 3.8) is 0 Å². The van der Waals surface area contributed by atoms with Gasteiger partial charge in [0.25, 0.3) is 0 Å². The Morgan fingerprint density at radius 2 is 0.794 bits per heavy atom. The van der Waals surface area contributed by atoms with Crippen LogP contribution >= 0.6 is 0 Å². The van der Waals surface area contributed by atoms with Gasteiger partial charge in [0.05, 0.1) is 0 Å². The molecule has 206 valence electrons. The SMILES string of the molecule is CCCCCCCOCCCCCCC.FC(F)(F)CC[C](F)(F)[Sn][C](F)(F)CCC(F)(F)F. The Kier molecular flexibility index (Phi) is 20.5. The summed E-state index contributed by atoms with van der Waals surface area (Å²) in [4.78, 5) is 0. The maximum atomic E-state index is 12.9. The standard InChI is InChI=1S/C14H30O.2C4H4F5.Sn/c1-3-5-7-9-11-13-15-14-12-10-8-6-4-2;2*5-3(6)1-2-4(7,8)9;/h3-14H2,1-2H3;2*1-2H2;. The molecule has 0 saturated heterocycles. The van der Waals surface area contributed by atoms with Crippen molar-refractivity contribution in [2.75, 3.05) is 13.2 Å². The fourth-order valence-corrected chi connectivity index (χ4v) is 5.66. The van der Waals surface area contributed by atoms with Gasteiger partial charge in [0.15, 0.2) is 0 Å². The van der Waals surface area contributed by atoms with Gasteiger partial charge in [-0.1, -0.05) is 65.2 Å². The average Bonchev–Trinajstić information content (AvgIpc) is 2.68. The second kappa shape index (κ2) is 19.2. The van der Waals surface area contributed by atoms with Crippen LogP contribution in [0.25, 0.3) is 0 Å². The minimum absolute atomic E-state index is 0.984. The first-order chi connectivity index (χ1) is 15.5. The molecule has 0 aliphatic carbocycles. The summed E-state index contributed by atoms with van der Waals surface area (Å²) in [6.45, 7) is 6.48. The van der Waals surface area contributed by atoms with E-state index in [1.807, 2.05) is 0 Å². The molecule has 0 aliphatic rings.